The number of fused-ring (bicyclic) bond motifs is 1. The number of methoxy groups -OCH3 is 1. The van der Waals surface area contributed by atoms with Crippen LogP contribution in [0.3, 0.4) is 0 Å². The Bertz CT molecular complexity index is 905. The highest BCUT2D eigenvalue weighted by molar-refractivity contribution is 5.99. The first-order valence-corrected chi connectivity index (χ1v) is 10.7. The highest BCUT2D eigenvalue weighted by atomic mass is 16.5. The van der Waals surface area contributed by atoms with E-state index in [1.54, 1.807) is 11.8 Å². The molecule has 0 radical (unpaired) electrons. The molecule has 2 aliphatic heterocycles. The number of hydrogen-bond donors (Lipinski definition) is 1. The minimum absolute atomic E-state index is 0.00410. The van der Waals surface area contributed by atoms with Crippen LogP contribution in [0.5, 0.6) is 5.75 Å². The smallest absolute Gasteiger partial charge is 0.240 e. The van der Waals surface area contributed by atoms with Crippen molar-refractivity contribution in [3.05, 3.63) is 30.3 Å². The van der Waals surface area contributed by atoms with E-state index in [4.69, 9.17) is 9.47 Å². The van der Waals surface area contributed by atoms with Gasteiger partial charge < -0.3 is 14.8 Å². The zero-order valence-corrected chi connectivity index (χ0v) is 17.9. The molecule has 2 aliphatic rings. The maximum Gasteiger partial charge on any atom is 0.240 e. The zero-order chi connectivity index (χ0) is 21.6. The fourth-order valence-corrected chi connectivity index (χ4v) is 3.88. The summed E-state index contributed by atoms with van der Waals surface area (Å²) in [5.74, 6) is 1.22. The van der Waals surface area contributed by atoms with Gasteiger partial charge in [-0.1, -0.05) is 0 Å². The Balaban J connectivity index is 1.34. The lowest BCUT2D eigenvalue weighted by Crippen LogP contribution is -2.45. The van der Waals surface area contributed by atoms with Gasteiger partial charge in [0.15, 0.2) is 0 Å². The third-order valence-electron chi connectivity index (χ3n) is 5.64. The molecule has 1 saturated heterocycles. The van der Waals surface area contributed by atoms with E-state index >= 15 is 0 Å². The molecule has 1 aromatic heterocycles. The Morgan fingerprint density at radius 2 is 1.97 bits per heavy atom. The lowest BCUT2D eigenvalue weighted by molar-refractivity contribution is -0.124. The minimum atomic E-state index is -0.157. The summed E-state index contributed by atoms with van der Waals surface area (Å²) in [7, 11) is 1.63. The second-order valence-corrected chi connectivity index (χ2v) is 7.73. The number of carbonyl (C=O) groups excluding carboxylic acids is 2. The lowest BCUT2D eigenvalue weighted by atomic mass is 10.1. The number of rotatable bonds is 8. The van der Waals surface area contributed by atoms with Crippen molar-refractivity contribution in [2.45, 2.75) is 19.4 Å². The molecule has 1 fully saturated rings. The summed E-state index contributed by atoms with van der Waals surface area (Å²) in [6.45, 7) is 5.48. The van der Waals surface area contributed by atoms with Crippen LogP contribution in [0.2, 0.25) is 0 Å². The lowest BCUT2D eigenvalue weighted by Gasteiger charge is -2.27. The summed E-state index contributed by atoms with van der Waals surface area (Å²) in [5, 5.41) is 7.57. The fraction of sp³-hybridized carbons (Fsp3) is 0.500. The Labute approximate surface area is 181 Å². The first-order chi connectivity index (χ1) is 15.1. The van der Waals surface area contributed by atoms with E-state index in [0.717, 1.165) is 56.3 Å². The molecule has 4 rings (SSSR count). The van der Waals surface area contributed by atoms with Crippen LogP contribution in [-0.4, -0.2) is 79.5 Å². The van der Waals surface area contributed by atoms with Crippen LogP contribution in [0.25, 0.3) is 11.3 Å². The molecule has 31 heavy (non-hydrogen) atoms. The Morgan fingerprint density at radius 1 is 1.19 bits per heavy atom. The molecule has 0 aliphatic carbocycles. The standard InChI is InChI=1S/C22H29N5O4/c1-30-18-5-3-17(4-6-18)19-15-21-26(22(29)7-10-27(21)24-19)16-20(28)23-8-2-9-25-11-13-31-14-12-25/h3-6,15H,2,7-14,16H2,1H3,(H,23,28). The van der Waals surface area contributed by atoms with Crippen LogP contribution in [0.4, 0.5) is 5.82 Å². The van der Waals surface area contributed by atoms with Gasteiger partial charge in [-0.2, -0.15) is 5.10 Å². The Morgan fingerprint density at radius 3 is 2.71 bits per heavy atom. The van der Waals surface area contributed by atoms with Crippen molar-refractivity contribution in [3.63, 3.8) is 0 Å². The molecule has 0 bridgehead atoms. The average molecular weight is 428 g/mol. The van der Waals surface area contributed by atoms with Gasteiger partial charge in [-0.05, 0) is 37.2 Å². The van der Waals surface area contributed by atoms with Gasteiger partial charge in [0.2, 0.25) is 11.8 Å². The Hall–Kier alpha value is -2.91. The van der Waals surface area contributed by atoms with E-state index in [1.165, 1.54) is 4.90 Å². The fourth-order valence-electron chi connectivity index (χ4n) is 3.88. The van der Waals surface area contributed by atoms with Gasteiger partial charge in [0, 0.05) is 37.7 Å². The topological polar surface area (TPSA) is 88.9 Å². The highest BCUT2D eigenvalue weighted by Gasteiger charge is 2.28. The van der Waals surface area contributed by atoms with Gasteiger partial charge in [0.1, 0.15) is 18.1 Å². The maximum atomic E-state index is 12.5. The van der Waals surface area contributed by atoms with Crippen molar-refractivity contribution in [2.75, 3.05) is 57.9 Å². The van der Waals surface area contributed by atoms with Crippen LogP contribution in [0, 0.1) is 0 Å². The van der Waals surface area contributed by atoms with Crippen LogP contribution in [-0.2, 0) is 20.9 Å². The largest absolute Gasteiger partial charge is 0.497 e. The SMILES string of the molecule is COc1ccc(-c2cc3n(n2)CCC(=O)N3CC(=O)NCCCN2CCOCC2)cc1. The molecule has 3 heterocycles. The molecule has 9 nitrogen and oxygen atoms in total. The molecule has 2 amide bonds. The van der Waals surface area contributed by atoms with E-state index < -0.39 is 0 Å². The molecular formula is C22H29N5O4. The summed E-state index contributed by atoms with van der Waals surface area (Å²) in [6.07, 6.45) is 1.21. The van der Waals surface area contributed by atoms with E-state index in [-0.39, 0.29) is 18.4 Å². The highest BCUT2D eigenvalue weighted by Crippen LogP contribution is 2.28. The molecule has 9 heteroatoms. The van der Waals surface area contributed by atoms with Crippen molar-refractivity contribution < 1.29 is 19.1 Å². The monoisotopic (exact) mass is 427 g/mol. The Kier molecular flexibility index (Phi) is 6.83. The number of hydrogen-bond acceptors (Lipinski definition) is 6. The number of carbonyl (C=O) groups is 2. The number of aryl methyl sites for hydroxylation is 1. The number of anilines is 1. The number of morpholine rings is 1. The van der Waals surface area contributed by atoms with Crippen LogP contribution >= 0.6 is 0 Å². The molecule has 166 valence electrons. The third-order valence-corrected chi connectivity index (χ3v) is 5.64. The number of nitrogens with one attached hydrogen (secondary N) is 1. The van der Waals surface area contributed by atoms with E-state index in [9.17, 15) is 9.59 Å². The van der Waals surface area contributed by atoms with Crippen molar-refractivity contribution >= 4 is 17.6 Å². The summed E-state index contributed by atoms with van der Waals surface area (Å²) in [6, 6.07) is 9.48. The van der Waals surface area contributed by atoms with Crippen LogP contribution in [0.15, 0.2) is 30.3 Å². The molecule has 0 atom stereocenters. The van der Waals surface area contributed by atoms with Crippen molar-refractivity contribution in [2.24, 2.45) is 0 Å². The van der Waals surface area contributed by atoms with Crippen molar-refractivity contribution in [1.82, 2.24) is 20.0 Å². The summed E-state index contributed by atoms with van der Waals surface area (Å²) < 4.78 is 12.3. The second-order valence-electron chi connectivity index (χ2n) is 7.73. The maximum absolute atomic E-state index is 12.5. The van der Waals surface area contributed by atoms with Crippen molar-refractivity contribution in [3.8, 4) is 17.0 Å². The number of ether oxygens (including phenoxy) is 2. The summed E-state index contributed by atoms with van der Waals surface area (Å²) in [5.41, 5.74) is 1.70. The second kappa shape index (κ2) is 9.93. The van der Waals surface area contributed by atoms with Crippen LogP contribution in [0.1, 0.15) is 12.8 Å². The molecule has 0 saturated carbocycles. The van der Waals surface area contributed by atoms with Gasteiger partial charge in [-0.25, -0.2) is 4.68 Å². The third kappa shape index (κ3) is 5.23. The van der Waals surface area contributed by atoms with Crippen molar-refractivity contribution in [1.29, 1.82) is 0 Å². The predicted molar refractivity (Wildman–Crippen MR) is 116 cm³/mol. The minimum Gasteiger partial charge on any atom is -0.497 e. The van der Waals surface area contributed by atoms with Gasteiger partial charge >= 0.3 is 0 Å². The van der Waals surface area contributed by atoms with E-state index in [1.807, 2.05) is 30.3 Å². The molecular weight excluding hydrogens is 398 g/mol. The normalized spacial score (nSPS) is 16.8. The van der Waals surface area contributed by atoms with Crippen LogP contribution < -0.4 is 15.0 Å². The molecule has 2 aromatic rings. The molecule has 0 spiro atoms. The molecule has 0 unspecified atom stereocenters. The summed E-state index contributed by atoms with van der Waals surface area (Å²) in [4.78, 5) is 28.9. The molecule has 1 N–H and O–H groups in total. The first kappa shape index (κ1) is 21.3. The van der Waals surface area contributed by atoms with E-state index in [0.29, 0.717) is 25.3 Å². The first-order valence-electron chi connectivity index (χ1n) is 10.7. The van der Waals surface area contributed by atoms with Gasteiger partial charge in [0.05, 0.1) is 32.6 Å². The van der Waals surface area contributed by atoms with E-state index in [2.05, 4.69) is 15.3 Å². The predicted octanol–water partition coefficient (Wildman–Crippen LogP) is 1.13. The van der Waals surface area contributed by atoms with Gasteiger partial charge in [-0.15, -0.1) is 0 Å². The summed E-state index contributed by atoms with van der Waals surface area (Å²) >= 11 is 0. The quantitative estimate of drug-likeness (QED) is 0.636. The average Bonchev–Trinajstić information content (AvgIpc) is 3.24. The number of nitrogens with zero attached hydrogens (tertiary/aromatic N) is 4. The molecule has 1 aromatic carbocycles. The number of benzene rings is 1. The number of amides is 2. The number of aromatic nitrogens is 2. The van der Waals surface area contributed by atoms with Gasteiger partial charge in [-0.3, -0.25) is 19.4 Å². The zero-order valence-electron chi connectivity index (χ0n) is 17.9. The van der Waals surface area contributed by atoms with Gasteiger partial charge in [0.25, 0.3) is 0 Å².